The van der Waals surface area contributed by atoms with Gasteiger partial charge in [-0.3, -0.25) is 0 Å². The highest BCUT2D eigenvalue weighted by Gasteiger charge is 2.18. The Balaban J connectivity index is 3.36. The van der Waals surface area contributed by atoms with Crippen LogP contribution in [-0.4, -0.2) is 76.3 Å². The summed E-state index contributed by atoms with van der Waals surface area (Å²) >= 11 is 0. The van der Waals surface area contributed by atoms with E-state index in [9.17, 15) is 0 Å². The first kappa shape index (κ1) is 18.8. The molecule has 6 heteroatoms. The van der Waals surface area contributed by atoms with E-state index in [2.05, 4.69) is 13.8 Å². The number of aliphatic hydroxyl groups is 2. The fraction of sp³-hybridized carbons (Fsp3) is 1.00. The Morgan fingerprint density at radius 2 is 1.00 bits per heavy atom. The molecule has 0 aliphatic rings. The van der Waals surface area contributed by atoms with Crippen LogP contribution in [-0.2, 0) is 18.9 Å². The van der Waals surface area contributed by atoms with E-state index in [1.165, 1.54) is 0 Å². The van der Waals surface area contributed by atoms with Gasteiger partial charge in [-0.25, -0.2) is 0 Å². The fourth-order valence-corrected chi connectivity index (χ4v) is 1.31. The fourth-order valence-electron chi connectivity index (χ4n) is 1.31. The molecule has 6 nitrogen and oxygen atoms in total. The monoisotopic (exact) mass is 280 g/mol. The molecule has 0 aliphatic heterocycles. The highest BCUT2D eigenvalue weighted by Crippen LogP contribution is 2.15. The van der Waals surface area contributed by atoms with Crippen molar-refractivity contribution in [3.05, 3.63) is 0 Å². The Labute approximate surface area is 115 Å². The van der Waals surface area contributed by atoms with Gasteiger partial charge in [0.2, 0.25) is 0 Å². The van der Waals surface area contributed by atoms with Crippen molar-refractivity contribution in [3.8, 4) is 0 Å². The molecule has 0 unspecified atom stereocenters. The number of aliphatic hydroxyl groups excluding tert-OH is 2. The Morgan fingerprint density at radius 1 is 0.632 bits per heavy atom. The second-order valence-electron chi connectivity index (χ2n) is 4.94. The zero-order valence-electron chi connectivity index (χ0n) is 12.1. The Hall–Kier alpha value is -0.240. The van der Waals surface area contributed by atoms with E-state index < -0.39 is 0 Å². The van der Waals surface area contributed by atoms with Crippen LogP contribution in [0.15, 0.2) is 0 Å². The van der Waals surface area contributed by atoms with Crippen LogP contribution in [0.5, 0.6) is 0 Å². The zero-order chi connectivity index (χ0) is 14.4. The maximum atomic E-state index is 8.52. The van der Waals surface area contributed by atoms with Gasteiger partial charge in [-0.15, -0.1) is 0 Å². The highest BCUT2D eigenvalue weighted by molar-refractivity contribution is 4.66. The predicted octanol–water partition coefficient (Wildman–Crippen LogP) is 0.0636. The van der Waals surface area contributed by atoms with E-state index in [1.54, 1.807) is 0 Å². The van der Waals surface area contributed by atoms with E-state index >= 15 is 0 Å². The SMILES string of the molecule is CC(C)(COCCOCCO)COCCOCCO. The molecule has 0 fully saturated rings. The summed E-state index contributed by atoms with van der Waals surface area (Å²) in [6.07, 6.45) is 0. The molecule has 0 aromatic rings. The topological polar surface area (TPSA) is 77.4 Å². The van der Waals surface area contributed by atoms with E-state index in [0.717, 1.165) is 0 Å². The van der Waals surface area contributed by atoms with Crippen molar-refractivity contribution >= 4 is 0 Å². The maximum absolute atomic E-state index is 8.52. The Kier molecular flexibility index (Phi) is 12.6. The van der Waals surface area contributed by atoms with Crippen molar-refractivity contribution in [2.24, 2.45) is 5.41 Å². The van der Waals surface area contributed by atoms with Crippen molar-refractivity contribution < 1.29 is 29.2 Å². The van der Waals surface area contributed by atoms with Gasteiger partial charge in [0.25, 0.3) is 0 Å². The molecule has 0 aliphatic carbocycles. The van der Waals surface area contributed by atoms with Gasteiger partial charge in [-0.2, -0.15) is 0 Å². The number of rotatable bonds is 14. The molecule has 2 N–H and O–H groups in total. The van der Waals surface area contributed by atoms with E-state index in [-0.39, 0.29) is 18.6 Å². The normalized spacial score (nSPS) is 12.0. The molecule has 116 valence electrons. The van der Waals surface area contributed by atoms with Gasteiger partial charge in [0.15, 0.2) is 0 Å². The van der Waals surface area contributed by atoms with Crippen molar-refractivity contribution in [3.63, 3.8) is 0 Å². The molecule has 0 saturated heterocycles. The Bertz CT molecular complexity index is 168. The minimum absolute atomic E-state index is 0.0394. The molecule has 0 aromatic heterocycles. The molecule has 0 bridgehead atoms. The van der Waals surface area contributed by atoms with Gasteiger partial charge < -0.3 is 29.2 Å². The highest BCUT2D eigenvalue weighted by atomic mass is 16.5. The van der Waals surface area contributed by atoms with Crippen LogP contribution in [0.1, 0.15) is 13.8 Å². The van der Waals surface area contributed by atoms with Crippen molar-refractivity contribution in [2.45, 2.75) is 13.8 Å². The lowest BCUT2D eigenvalue weighted by Gasteiger charge is -2.24. The first-order valence-electron chi connectivity index (χ1n) is 6.65. The van der Waals surface area contributed by atoms with Crippen LogP contribution in [0.25, 0.3) is 0 Å². The molecular weight excluding hydrogens is 252 g/mol. The minimum Gasteiger partial charge on any atom is -0.394 e. The predicted molar refractivity (Wildman–Crippen MR) is 71.2 cm³/mol. The number of hydrogen-bond donors (Lipinski definition) is 2. The quantitative estimate of drug-likeness (QED) is 0.438. The van der Waals surface area contributed by atoms with Gasteiger partial charge in [-0.05, 0) is 0 Å². The number of ether oxygens (including phenoxy) is 4. The van der Waals surface area contributed by atoms with Gasteiger partial charge in [0.05, 0.1) is 66.1 Å². The third-order valence-electron chi connectivity index (χ3n) is 2.20. The lowest BCUT2D eigenvalue weighted by atomic mass is 9.96. The van der Waals surface area contributed by atoms with Crippen LogP contribution >= 0.6 is 0 Å². The molecule has 0 amide bonds. The maximum Gasteiger partial charge on any atom is 0.0701 e. The van der Waals surface area contributed by atoms with Gasteiger partial charge in [0.1, 0.15) is 0 Å². The third kappa shape index (κ3) is 14.0. The van der Waals surface area contributed by atoms with Gasteiger partial charge in [0, 0.05) is 5.41 Å². The van der Waals surface area contributed by atoms with Crippen LogP contribution in [0.2, 0.25) is 0 Å². The largest absolute Gasteiger partial charge is 0.394 e. The first-order chi connectivity index (χ1) is 9.12. The lowest BCUT2D eigenvalue weighted by molar-refractivity contribution is -0.0362. The van der Waals surface area contributed by atoms with E-state index in [4.69, 9.17) is 29.2 Å². The summed E-state index contributed by atoms with van der Waals surface area (Å²) < 4.78 is 21.2. The summed E-state index contributed by atoms with van der Waals surface area (Å²) in [5.41, 5.74) is -0.0616. The molecule has 0 radical (unpaired) electrons. The average molecular weight is 280 g/mol. The van der Waals surface area contributed by atoms with E-state index in [0.29, 0.717) is 52.9 Å². The average Bonchev–Trinajstić information content (AvgIpc) is 2.38. The summed E-state index contributed by atoms with van der Waals surface area (Å²) in [6.45, 7) is 8.11. The Morgan fingerprint density at radius 3 is 1.37 bits per heavy atom. The molecule has 0 atom stereocenters. The summed E-state index contributed by atoms with van der Waals surface area (Å²) in [4.78, 5) is 0. The lowest BCUT2D eigenvalue weighted by Crippen LogP contribution is -2.27. The van der Waals surface area contributed by atoms with Crippen LogP contribution in [0.3, 0.4) is 0 Å². The summed E-state index contributed by atoms with van der Waals surface area (Å²) in [5.74, 6) is 0. The van der Waals surface area contributed by atoms with Crippen LogP contribution in [0.4, 0.5) is 0 Å². The molecule has 0 heterocycles. The minimum atomic E-state index is -0.0616. The molecule has 0 spiro atoms. The van der Waals surface area contributed by atoms with E-state index in [1.807, 2.05) is 0 Å². The van der Waals surface area contributed by atoms with Crippen LogP contribution < -0.4 is 0 Å². The summed E-state index contributed by atoms with van der Waals surface area (Å²) in [6, 6.07) is 0. The summed E-state index contributed by atoms with van der Waals surface area (Å²) in [7, 11) is 0. The number of hydrogen-bond acceptors (Lipinski definition) is 6. The third-order valence-corrected chi connectivity index (χ3v) is 2.20. The zero-order valence-corrected chi connectivity index (χ0v) is 12.1. The second kappa shape index (κ2) is 12.8. The molecule has 19 heavy (non-hydrogen) atoms. The van der Waals surface area contributed by atoms with Crippen molar-refractivity contribution in [2.75, 3.05) is 66.1 Å². The van der Waals surface area contributed by atoms with Crippen molar-refractivity contribution in [1.29, 1.82) is 0 Å². The van der Waals surface area contributed by atoms with Gasteiger partial charge in [-0.1, -0.05) is 13.8 Å². The molecular formula is C13H28O6. The smallest absolute Gasteiger partial charge is 0.0701 e. The summed E-state index contributed by atoms with van der Waals surface area (Å²) in [5, 5.41) is 17.0. The standard InChI is InChI=1S/C13H28O6/c1-13(2,11-18-9-7-16-5-3-14)12-19-10-8-17-6-4-15/h14-15H,3-12H2,1-2H3. The molecule has 0 aromatic carbocycles. The molecule has 0 saturated carbocycles. The van der Waals surface area contributed by atoms with Gasteiger partial charge >= 0.3 is 0 Å². The molecule has 0 rings (SSSR count). The second-order valence-corrected chi connectivity index (χ2v) is 4.94. The van der Waals surface area contributed by atoms with Crippen LogP contribution in [0, 0.1) is 5.41 Å². The van der Waals surface area contributed by atoms with Crippen molar-refractivity contribution in [1.82, 2.24) is 0 Å². The first-order valence-corrected chi connectivity index (χ1v) is 6.65.